The number of hydrogen-bond acceptors (Lipinski definition) is 5. The summed E-state index contributed by atoms with van der Waals surface area (Å²) in [6.07, 6.45) is 1.13. The Morgan fingerprint density at radius 1 is 1.26 bits per heavy atom. The maximum Gasteiger partial charge on any atom is 0.410 e. The third kappa shape index (κ3) is 4.22. The SMILES string of the molecule is COC(=O)[C@@H]1CC[C@@H](C=O)N(C(=O)OC(C)(C)C)C1. The summed E-state index contributed by atoms with van der Waals surface area (Å²) in [5.74, 6) is -0.758. The van der Waals surface area contributed by atoms with E-state index in [2.05, 4.69) is 4.74 Å². The highest BCUT2D eigenvalue weighted by molar-refractivity contribution is 5.77. The van der Waals surface area contributed by atoms with Crippen LogP contribution >= 0.6 is 0 Å². The van der Waals surface area contributed by atoms with E-state index in [1.54, 1.807) is 20.8 Å². The Kier molecular flexibility index (Phi) is 4.91. The first-order valence-electron chi connectivity index (χ1n) is 6.31. The number of carbonyl (C=O) groups is 3. The maximum atomic E-state index is 12.0. The average Bonchev–Trinajstić information content (AvgIpc) is 2.35. The highest BCUT2D eigenvalue weighted by Gasteiger charge is 2.37. The van der Waals surface area contributed by atoms with Gasteiger partial charge in [-0.2, -0.15) is 0 Å². The quantitative estimate of drug-likeness (QED) is 0.560. The molecule has 0 unspecified atom stereocenters. The lowest BCUT2D eigenvalue weighted by atomic mass is 9.93. The average molecular weight is 271 g/mol. The van der Waals surface area contributed by atoms with Crippen LogP contribution in [-0.4, -0.2) is 48.5 Å². The summed E-state index contributed by atoms with van der Waals surface area (Å²) in [5.41, 5.74) is -0.636. The van der Waals surface area contributed by atoms with Gasteiger partial charge < -0.3 is 14.3 Å². The first-order chi connectivity index (χ1) is 8.78. The van der Waals surface area contributed by atoms with Crippen LogP contribution in [0.2, 0.25) is 0 Å². The molecule has 6 heteroatoms. The Balaban J connectivity index is 2.77. The number of aldehydes is 1. The van der Waals surface area contributed by atoms with Gasteiger partial charge in [0.1, 0.15) is 11.9 Å². The number of piperidine rings is 1. The monoisotopic (exact) mass is 271 g/mol. The van der Waals surface area contributed by atoms with E-state index in [4.69, 9.17) is 4.74 Å². The van der Waals surface area contributed by atoms with Gasteiger partial charge in [0.05, 0.1) is 19.1 Å². The lowest BCUT2D eigenvalue weighted by Gasteiger charge is -2.36. The number of amides is 1. The van der Waals surface area contributed by atoms with Gasteiger partial charge in [-0.25, -0.2) is 4.79 Å². The lowest BCUT2D eigenvalue weighted by Crippen LogP contribution is -2.51. The second kappa shape index (κ2) is 6.04. The van der Waals surface area contributed by atoms with E-state index in [9.17, 15) is 14.4 Å². The van der Waals surface area contributed by atoms with Crippen LogP contribution in [0.3, 0.4) is 0 Å². The highest BCUT2D eigenvalue weighted by Crippen LogP contribution is 2.24. The van der Waals surface area contributed by atoms with Crippen molar-refractivity contribution < 1.29 is 23.9 Å². The molecule has 0 bridgehead atoms. The predicted octanol–water partition coefficient (Wildman–Crippen LogP) is 1.37. The molecule has 19 heavy (non-hydrogen) atoms. The smallest absolute Gasteiger partial charge is 0.410 e. The summed E-state index contributed by atoms with van der Waals surface area (Å²) in [4.78, 5) is 35.9. The second-order valence-electron chi connectivity index (χ2n) is 5.63. The number of methoxy groups -OCH3 is 1. The summed E-state index contributed by atoms with van der Waals surface area (Å²) in [6, 6.07) is -0.532. The highest BCUT2D eigenvalue weighted by atomic mass is 16.6. The van der Waals surface area contributed by atoms with Crippen LogP contribution in [0.4, 0.5) is 4.79 Å². The Morgan fingerprint density at radius 3 is 2.37 bits per heavy atom. The van der Waals surface area contributed by atoms with Crippen molar-refractivity contribution in [3.05, 3.63) is 0 Å². The molecule has 2 atom stereocenters. The molecular weight excluding hydrogens is 250 g/mol. The molecular formula is C13H21NO5. The normalized spacial score (nSPS) is 23.7. The molecule has 1 saturated heterocycles. The molecule has 1 heterocycles. The minimum atomic E-state index is -0.636. The Morgan fingerprint density at radius 2 is 1.89 bits per heavy atom. The standard InChI is InChI=1S/C13H21NO5/c1-13(2,3)19-12(17)14-7-9(11(16)18-4)5-6-10(14)8-15/h8-10H,5-7H2,1-4H3/t9-,10+/m1/s1. The third-order valence-corrected chi connectivity index (χ3v) is 2.95. The molecule has 1 fully saturated rings. The van der Waals surface area contributed by atoms with Crippen LogP contribution in [-0.2, 0) is 19.1 Å². The number of ether oxygens (including phenoxy) is 2. The molecule has 6 nitrogen and oxygen atoms in total. The van der Waals surface area contributed by atoms with Gasteiger partial charge in [-0.05, 0) is 33.6 Å². The van der Waals surface area contributed by atoms with Crippen LogP contribution < -0.4 is 0 Å². The number of likely N-dealkylation sites (tertiary alicyclic amines) is 1. The summed E-state index contributed by atoms with van der Waals surface area (Å²) >= 11 is 0. The molecule has 1 aliphatic rings. The molecule has 0 saturated carbocycles. The van der Waals surface area contributed by atoms with E-state index in [0.717, 1.165) is 6.29 Å². The molecule has 1 aliphatic heterocycles. The van der Waals surface area contributed by atoms with Crippen molar-refractivity contribution in [3.8, 4) is 0 Å². The first-order valence-corrected chi connectivity index (χ1v) is 6.31. The van der Waals surface area contributed by atoms with Gasteiger partial charge in [-0.1, -0.05) is 0 Å². The fraction of sp³-hybridized carbons (Fsp3) is 0.769. The molecule has 0 spiro atoms. The number of nitrogens with zero attached hydrogens (tertiary/aromatic N) is 1. The fourth-order valence-corrected chi connectivity index (χ4v) is 2.02. The first kappa shape index (κ1) is 15.5. The number of carbonyl (C=O) groups excluding carboxylic acids is 3. The summed E-state index contributed by atoms with van der Waals surface area (Å²) in [7, 11) is 1.31. The van der Waals surface area contributed by atoms with E-state index in [1.165, 1.54) is 12.0 Å². The molecule has 108 valence electrons. The molecule has 0 N–H and O–H groups in total. The van der Waals surface area contributed by atoms with Crippen molar-refractivity contribution in [1.82, 2.24) is 4.90 Å². The largest absolute Gasteiger partial charge is 0.469 e. The number of esters is 1. The summed E-state index contributed by atoms with van der Waals surface area (Å²) in [5, 5.41) is 0. The van der Waals surface area contributed by atoms with Crippen molar-refractivity contribution in [3.63, 3.8) is 0 Å². The predicted molar refractivity (Wildman–Crippen MR) is 67.5 cm³/mol. The number of hydrogen-bond donors (Lipinski definition) is 0. The Labute approximate surface area is 113 Å². The van der Waals surface area contributed by atoms with Crippen LogP contribution in [0.25, 0.3) is 0 Å². The van der Waals surface area contributed by atoms with Gasteiger partial charge in [0.15, 0.2) is 0 Å². The zero-order chi connectivity index (χ0) is 14.6. The zero-order valence-corrected chi connectivity index (χ0v) is 11.8. The van der Waals surface area contributed by atoms with E-state index in [1.807, 2.05) is 0 Å². The topological polar surface area (TPSA) is 72.9 Å². The van der Waals surface area contributed by atoms with E-state index in [0.29, 0.717) is 12.8 Å². The van der Waals surface area contributed by atoms with Crippen LogP contribution in [0.5, 0.6) is 0 Å². The van der Waals surface area contributed by atoms with Gasteiger partial charge in [0.25, 0.3) is 0 Å². The Hall–Kier alpha value is -1.59. The summed E-state index contributed by atoms with van der Waals surface area (Å²) < 4.78 is 9.93. The maximum absolute atomic E-state index is 12.0. The van der Waals surface area contributed by atoms with E-state index < -0.39 is 23.7 Å². The molecule has 0 radical (unpaired) electrons. The molecule has 0 aromatic rings. The van der Waals surface area contributed by atoms with Crippen molar-refractivity contribution in [1.29, 1.82) is 0 Å². The van der Waals surface area contributed by atoms with Gasteiger partial charge in [-0.3, -0.25) is 9.69 Å². The Bertz CT molecular complexity index is 361. The van der Waals surface area contributed by atoms with Crippen molar-refractivity contribution >= 4 is 18.3 Å². The minimum absolute atomic E-state index is 0.158. The molecule has 0 aliphatic carbocycles. The van der Waals surface area contributed by atoms with Crippen LogP contribution in [0.15, 0.2) is 0 Å². The van der Waals surface area contributed by atoms with E-state index in [-0.39, 0.29) is 12.5 Å². The number of rotatable bonds is 2. The van der Waals surface area contributed by atoms with Crippen molar-refractivity contribution in [2.45, 2.75) is 45.3 Å². The van der Waals surface area contributed by atoms with Gasteiger partial charge in [0, 0.05) is 6.54 Å². The fourth-order valence-electron chi connectivity index (χ4n) is 2.02. The van der Waals surface area contributed by atoms with Crippen molar-refractivity contribution in [2.75, 3.05) is 13.7 Å². The third-order valence-electron chi connectivity index (χ3n) is 2.95. The lowest BCUT2D eigenvalue weighted by molar-refractivity contribution is -0.148. The van der Waals surface area contributed by atoms with E-state index >= 15 is 0 Å². The van der Waals surface area contributed by atoms with Crippen LogP contribution in [0, 0.1) is 5.92 Å². The van der Waals surface area contributed by atoms with Gasteiger partial charge >= 0.3 is 12.1 Å². The molecule has 0 aromatic heterocycles. The summed E-state index contributed by atoms with van der Waals surface area (Å²) in [6.45, 7) is 5.42. The van der Waals surface area contributed by atoms with Crippen molar-refractivity contribution in [2.24, 2.45) is 5.92 Å². The van der Waals surface area contributed by atoms with Gasteiger partial charge in [-0.15, -0.1) is 0 Å². The zero-order valence-electron chi connectivity index (χ0n) is 11.8. The van der Waals surface area contributed by atoms with Crippen LogP contribution in [0.1, 0.15) is 33.6 Å². The molecule has 1 amide bonds. The minimum Gasteiger partial charge on any atom is -0.469 e. The second-order valence-corrected chi connectivity index (χ2v) is 5.63. The molecule has 1 rings (SSSR count). The van der Waals surface area contributed by atoms with Gasteiger partial charge in [0.2, 0.25) is 0 Å². The molecule has 0 aromatic carbocycles.